The average molecular weight is 384 g/mol. The molecule has 28 heavy (non-hydrogen) atoms. The minimum atomic E-state index is 0.126. The summed E-state index contributed by atoms with van der Waals surface area (Å²) >= 11 is 0. The van der Waals surface area contributed by atoms with Crippen LogP contribution in [0.15, 0.2) is 35.9 Å². The van der Waals surface area contributed by atoms with Crippen LogP contribution >= 0.6 is 0 Å². The summed E-state index contributed by atoms with van der Waals surface area (Å²) in [5.41, 5.74) is 4.42. The highest BCUT2D eigenvalue weighted by Gasteiger charge is 2.20. The van der Waals surface area contributed by atoms with E-state index in [2.05, 4.69) is 0 Å². The third-order valence-corrected chi connectivity index (χ3v) is 5.23. The molecule has 2 aromatic rings. The molecule has 1 N–H and O–H groups in total. The number of hydrogen-bond acceptors (Lipinski definition) is 5. The van der Waals surface area contributed by atoms with E-state index in [9.17, 15) is 5.11 Å². The Balaban J connectivity index is 2.22. The molecule has 5 heteroatoms. The van der Waals surface area contributed by atoms with Gasteiger partial charge < -0.3 is 24.1 Å². The van der Waals surface area contributed by atoms with Crippen LogP contribution in [0.1, 0.15) is 43.2 Å². The molecular weight excluding hydrogens is 356 g/mol. The van der Waals surface area contributed by atoms with E-state index in [-0.39, 0.29) is 5.75 Å². The van der Waals surface area contributed by atoms with E-state index in [0.717, 1.165) is 29.5 Å². The van der Waals surface area contributed by atoms with Gasteiger partial charge in [-0.3, -0.25) is 0 Å². The summed E-state index contributed by atoms with van der Waals surface area (Å²) in [7, 11) is 6.39. The van der Waals surface area contributed by atoms with E-state index >= 15 is 0 Å². The van der Waals surface area contributed by atoms with Gasteiger partial charge in [0, 0.05) is 0 Å². The van der Waals surface area contributed by atoms with E-state index < -0.39 is 0 Å². The zero-order valence-corrected chi connectivity index (χ0v) is 17.0. The monoisotopic (exact) mass is 384 g/mol. The molecule has 0 radical (unpaired) electrons. The van der Waals surface area contributed by atoms with Crippen molar-refractivity contribution in [2.75, 3.05) is 28.4 Å². The number of rotatable bonds is 6. The maximum Gasteiger partial charge on any atom is 0.203 e. The molecule has 1 fully saturated rings. The van der Waals surface area contributed by atoms with Crippen LogP contribution in [-0.4, -0.2) is 33.5 Å². The van der Waals surface area contributed by atoms with Gasteiger partial charge in [0.15, 0.2) is 23.0 Å². The van der Waals surface area contributed by atoms with Crippen molar-refractivity contribution in [2.24, 2.45) is 0 Å². The Morgan fingerprint density at radius 2 is 1.32 bits per heavy atom. The fourth-order valence-electron chi connectivity index (χ4n) is 3.87. The summed E-state index contributed by atoms with van der Waals surface area (Å²) < 4.78 is 21.8. The van der Waals surface area contributed by atoms with E-state index in [0.29, 0.717) is 23.0 Å². The third-order valence-electron chi connectivity index (χ3n) is 5.23. The lowest BCUT2D eigenvalue weighted by molar-refractivity contribution is 0.324. The molecule has 1 aliphatic rings. The molecule has 0 heterocycles. The standard InChI is InChI=1S/C23H28O5/c1-25-19-11-10-16(12-18(19)24)22(15-8-6-5-7-9-15)17-13-20(26-2)23(28-4)21(14-17)27-3/h10-14,24H,5-9H2,1-4H3. The first-order valence-corrected chi connectivity index (χ1v) is 9.52. The minimum Gasteiger partial charge on any atom is -0.504 e. The summed E-state index contributed by atoms with van der Waals surface area (Å²) in [6.45, 7) is 0. The highest BCUT2D eigenvalue weighted by Crippen LogP contribution is 2.44. The van der Waals surface area contributed by atoms with Gasteiger partial charge >= 0.3 is 0 Å². The molecule has 1 saturated carbocycles. The molecule has 0 unspecified atom stereocenters. The minimum absolute atomic E-state index is 0.126. The van der Waals surface area contributed by atoms with E-state index in [4.69, 9.17) is 18.9 Å². The molecule has 1 aliphatic carbocycles. The van der Waals surface area contributed by atoms with Gasteiger partial charge in [-0.05, 0) is 66.6 Å². The molecule has 0 atom stereocenters. The van der Waals surface area contributed by atoms with Crippen LogP contribution in [0.5, 0.6) is 28.7 Å². The van der Waals surface area contributed by atoms with Crippen molar-refractivity contribution in [3.63, 3.8) is 0 Å². The van der Waals surface area contributed by atoms with Gasteiger partial charge in [-0.25, -0.2) is 0 Å². The fraction of sp³-hybridized carbons (Fsp3) is 0.391. The normalized spacial score (nSPS) is 13.8. The quantitative estimate of drug-likeness (QED) is 0.742. The van der Waals surface area contributed by atoms with Gasteiger partial charge in [0.2, 0.25) is 5.75 Å². The van der Waals surface area contributed by atoms with Crippen molar-refractivity contribution >= 4 is 5.57 Å². The van der Waals surface area contributed by atoms with Crippen LogP contribution in [0.2, 0.25) is 0 Å². The van der Waals surface area contributed by atoms with Crippen molar-refractivity contribution in [2.45, 2.75) is 32.1 Å². The first kappa shape index (κ1) is 19.9. The molecule has 0 amide bonds. The number of benzene rings is 2. The summed E-state index contributed by atoms with van der Waals surface area (Å²) in [5.74, 6) is 2.38. The molecule has 0 spiro atoms. The van der Waals surface area contributed by atoms with Crippen molar-refractivity contribution in [1.82, 2.24) is 0 Å². The van der Waals surface area contributed by atoms with Gasteiger partial charge in [0.25, 0.3) is 0 Å². The Kier molecular flexibility index (Phi) is 6.34. The predicted octanol–water partition coefficient (Wildman–Crippen LogP) is 5.19. The van der Waals surface area contributed by atoms with Gasteiger partial charge in [0.1, 0.15) is 0 Å². The van der Waals surface area contributed by atoms with Crippen LogP contribution in [0.4, 0.5) is 0 Å². The molecule has 3 rings (SSSR count). The summed E-state index contributed by atoms with van der Waals surface area (Å²) in [6, 6.07) is 9.49. The maximum atomic E-state index is 10.4. The Bertz CT molecular complexity index is 836. The fourth-order valence-corrected chi connectivity index (χ4v) is 3.87. The van der Waals surface area contributed by atoms with E-state index in [1.807, 2.05) is 18.2 Å². The zero-order chi connectivity index (χ0) is 20.1. The Morgan fingerprint density at radius 1 is 0.714 bits per heavy atom. The van der Waals surface area contributed by atoms with Gasteiger partial charge in [-0.2, -0.15) is 0 Å². The first-order valence-electron chi connectivity index (χ1n) is 9.52. The number of hydrogen-bond donors (Lipinski definition) is 1. The average Bonchev–Trinajstić information content (AvgIpc) is 2.74. The second kappa shape index (κ2) is 8.91. The highest BCUT2D eigenvalue weighted by atomic mass is 16.5. The van der Waals surface area contributed by atoms with Gasteiger partial charge in [-0.15, -0.1) is 0 Å². The molecule has 0 aliphatic heterocycles. The summed E-state index contributed by atoms with van der Waals surface area (Å²) in [6.07, 6.45) is 5.67. The van der Waals surface area contributed by atoms with Crippen LogP contribution in [0, 0.1) is 0 Å². The van der Waals surface area contributed by atoms with Crippen molar-refractivity contribution in [3.05, 3.63) is 47.0 Å². The molecule has 0 saturated heterocycles. The number of phenolic OH excluding ortho intramolecular Hbond substituents is 1. The topological polar surface area (TPSA) is 57.2 Å². The molecule has 0 bridgehead atoms. The number of allylic oxidation sites excluding steroid dienone is 1. The summed E-state index contributed by atoms with van der Waals surface area (Å²) in [4.78, 5) is 0. The largest absolute Gasteiger partial charge is 0.504 e. The molecule has 2 aromatic carbocycles. The molecule has 0 aromatic heterocycles. The lowest BCUT2D eigenvalue weighted by Gasteiger charge is -2.22. The zero-order valence-electron chi connectivity index (χ0n) is 17.0. The molecule has 5 nitrogen and oxygen atoms in total. The molecule has 150 valence electrons. The Labute approximate surface area is 166 Å². The smallest absolute Gasteiger partial charge is 0.203 e. The van der Waals surface area contributed by atoms with Crippen LogP contribution < -0.4 is 18.9 Å². The maximum absolute atomic E-state index is 10.4. The predicted molar refractivity (Wildman–Crippen MR) is 110 cm³/mol. The second-order valence-electron chi connectivity index (χ2n) is 6.84. The number of methoxy groups -OCH3 is 4. The Hall–Kier alpha value is -2.82. The highest BCUT2D eigenvalue weighted by molar-refractivity contribution is 5.85. The van der Waals surface area contributed by atoms with Crippen molar-refractivity contribution < 1.29 is 24.1 Å². The van der Waals surface area contributed by atoms with Crippen molar-refractivity contribution in [3.8, 4) is 28.7 Å². The number of aromatic hydroxyl groups is 1. The first-order chi connectivity index (χ1) is 13.6. The van der Waals surface area contributed by atoms with E-state index in [1.165, 1.54) is 24.8 Å². The van der Waals surface area contributed by atoms with Crippen LogP contribution in [0.3, 0.4) is 0 Å². The second-order valence-corrected chi connectivity index (χ2v) is 6.84. The third kappa shape index (κ3) is 3.88. The van der Waals surface area contributed by atoms with Crippen LogP contribution in [0.25, 0.3) is 5.57 Å². The SMILES string of the molecule is COc1ccc(C(=C2CCCCC2)c2cc(OC)c(OC)c(OC)c2)cc1O. The summed E-state index contributed by atoms with van der Waals surface area (Å²) in [5, 5.41) is 10.4. The Morgan fingerprint density at radius 3 is 1.82 bits per heavy atom. The van der Waals surface area contributed by atoms with Crippen LogP contribution in [-0.2, 0) is 0 Å². The van der Waals surface area contributed by atoms with E-state index in [1.54, 1.807) is 40.6 Å². The lowest BCUT2D eigenvalue weighted by Crippen LogP contribution is -2.02. The number of phenols is 1. The van der Waals surface area contributed by atoms with Gasteiger partial charge in [0.05, 0.1) is 28.4 Å². The van der Waals surface area contributed by atoms with Crippen molar-refractivity contribution in [1.29, 1.82) is 0 Å². The molecular formula is C23H28O5. The van der Waals surface area contributed by atoms with Gasteiger partial charge in [-0.1, -0.05) is 18.1 Å². The lowest BCUT2D eigenvalue weighted by atomic mass is 9.84. The number of ether oxygens (including phenoxy) is 4.